The minimum Gasteiger partial charge on any atom is -0.493 e. The number of hydrogen-bond acceptors (Lipinski definition) is 3. The first-order chi connectivity index (χ1) is 12.3. The number of carbonyl (C=O) groups is 1. The Kier molecular flexibility index (Phi) is 5.52. The molecule has 25 heavy (non-hydrogen) atoms. The van der Waals surface area contributed by atoms with Crippen LogP contribution in [0.25, 0.3) is 0 Å². The van der Waals surface area contributed by atoms with E-state index in [2.05, 4.69) is 0 Å². The number of nitrogens with zero attached hydrogens (tertiary/aromatic N) is 1. The third-order valence-corrected chi connectivity index (χ3v) is 3.85. The molecule has 0 atom stereocenters. The fraction of sp³-hybridized carbons (Fsp3) is 0.190. The highest BCUT2D eigenvalue weighted by atomic mass is 16.5. The minimum atomic E-state index is -0.0793. The van der Waals surface area contributed by atoms with Crippen molar-refractivity contribution in [1.82, 2.24) is 4.90 Å². The van der Waals surface area contributed by atoms with Crippen LogP contribution in [-0.4, -0.2) is 17.4 Å². The van der Waals surface area contributed by atoms with Gasteiger partial charge < -0.3 is 14.1 Å². The zero-order chi connectivity index (χ0) is 17.5. The van der Waals surface area contributed by atoms with Crippen molar-refractivity contribution < 1.29 is 13.9 Å². The summed E-state index contributed by atoms with van der Waals surface area (Å²) in [5.74, 6) is 1.27. The highest BCUT2D eigenvalue weighted by Crippen LogP contribution is 2.22. The number of furan rings is 1. The summed E-state index contributed by atoms with van der Waals surface area (Å²) in [5, 5.41) is 0. The quantitative estimate of drug-likeness (QED) is 0.637. The molecule has 1 aromatic heterocycles. The van der Waals surface area contributed by atoms with Crippen LogP contribution in [0.15, 0.2) is 77.4 Å². The number of carbonyl (C=O) groups excluding carboxylic acids is 1. The molecule has 3 rings (SSSR count). The van der Waals surface area contributed by atoms with Gasteiger partial charge in [-0.15, -0.1) is 0 Å². The number of rotatable bonds is 7. The second-order valence-electron chi connectivity index (χ2n) is 5.66. The van der Waals surface area contributed by atoms with Gasteiger partial charge in [-0.05, 0) is 36.8 Å². The standard InChI is InChI=1S/C21H21NO3/c1-2-24-20-13-7-6-12-19(20)21(23)22(16-18-11-8-14-25-18)15-17-9-4-3-5-10-17/h3-14H,2,15-16H2,1H3. The van der Waals surface area contributed by atoms with Gasteiger partial charge in [0, 0.05) is 6.54 Å². The number of amides is 1. The molecule has 4 nitrogen and oxygen atoms in total. The smallest absolute Gasteiger partial charge is 0.258 e. The van der Waals surface area contributed by atoms with Crippen LogP contribution >= 0.6 is 0 Å². The molecule has 128 valence electrons. The Bertz CT molecular complexity index is 797. The number of benzene rings is 2. The zero-order valence-corrected chi connectivity index (χ0v) is 14.2. The second kappa shape index (κ2) is 8.20. The maximum atomic E-state index is 13.2. The largest absolute Gasteiger partial charge is 0.493 e. The van der Waals surface area contributed by atoms with E-state index < -0.39 is 0 Å². The van der Waals surface area contributed by atoms with Gasteiger partial charge in [0.15, 0.2) is 0 Å². The Morgan fingerprint density at radius 3 is 2.44 bits per heavy atom. The summed E-state index contributed by atoms with van der Waals surface area (Å²) in [6, 6.07) is 21.0. The zero-order valence-electron chi connectivity index (χ0n) is 14.2. The van der Waals surface area contributed by atoms with Crippen molar-refractivity contribution in [2.45, 2.75) is 20.0 Å². The van der Waals surface area contributed by atoms with Crippen molar-refractivity contribution in [3.63, 3.8) is 0 Å². The molecule has 0 spiro atoms. The van der Waals surface area contributed by atoms with E-state index in [0.29, 0.717) is 31.0 Å². The number of para-hydroxylation sites is 1. The van der Waals surface area contributed by atoms with E-state index in [1.54, 1.807) is 17.2 Å². The van der Waals surface area contributed by atoms with Gasteiger partial charge in [-0.3, -0.25) is 4.79 Å². The van der Waals surface area contributed by atoms with Crippen LogP contribution in [0.2, 0.25) is 0 Å². The van der Waals surface area contributed by atoms with Crippen molar-refractivity contribution >= 4 is 5.91 Å². The number of ether oxygens (including phenoxy) is 1. The first-order valence-electron chi connectivity index (χ1n) is 8.35. The van der Waals surface area contributed by atoms with E-state index in [9.17, 15) is 4.79 Å². The van der Waals surface area contributed by atoms with Gasteiger partial charge in [0.25, 0.3) is 5.91 Å². The molecule has 0 aliphatic rings. The van der Waals surface area contributed by atoms with E-state index in [1.807, 2.05) is 67.6 Å². The molecule has 4 heteroatoms. The van der Waals surface area contributed by atoms with E-state index in [4.69, 9.17) is 9.15 Å². The van der Waals surface area contributed by atoms with Gasteiger partial charge in [-0.1, -0.05) is 42.5 Å². The van der Waals surface area contributed by atoms with Crippen LogP contribution < -0.4 is 4.74 Å². The fourth-order valence-electron chi connectivity index (χ4n) is 2.69. The predicted molar refractivity (Wildman–Crippen MR) is 96.3 cm³/mol. The Morgan fingerprint density at radius 2 is 1.72 bits per heavy atom. The van der Waals surface area contributed by atoms with Gasteiger partial charge in [-0.25, -0.2) is 0 Å². The van der Waals surface area contributed by atoms with Crippen molar-refractivity contribution in [2.75, 3.05) is 6.61 Å². The molecule has 0 radical (unpaired) electrons. The van der Waals surface area contributed by atoms with Gasteiger partial charge in [0.2, 0.25) is 0 Å². The average molecular weight is 335 g/mol. The van der Waals surface area contributed by atoms with Crippen molar-refractivity contribution in [1.29, 1.82) is 0 Å². The lowest BCUT2D eigenvalue weighted by atomic mass is 10.1. The SMILES string of the molecule is CCOc1ccccc1C(=O)N(Cc1ccccc1)Cc1ccco1. The summed E-state index contributed by atoms with van der Waals surface area (Å²) in [7, 11) is 0. The molecule has 0 saturated carbocycles. The summed E-state index contributed by atoms with van der Waals surface area (Å²) in [4.78, 5) is 14.9. The molecule has 0 aliphatic carbocycles. The van der Waals surface area contributed by atoms with Crippen molar-refractivity contribution in [2.24, 2.45) is 0 Å². The van der Waals surface area contributed by atoms with Gasteiger partial charge in [0.1, 0.15) is 11.5 Å². The lowest BCUT2D eigenvalue weighted by Gasteiger charge is -2.23. The summed E-state index contributed by atoms with van der Waals surface area (Å²) < 4.78 is 11.1. The number of hydrogen-bond donors (Lipinski definition) is 0. The molecule has 1 heterocycles. The van der Waals surface area contributed by atoms with Crippen LogP contribution in [0, 0.1) is 0 Å². The summed E-state index contributed by atoms with van der Waals surface area (Å²) >= 11 is 0. The lowest BCUT2D eigenvalue weighted by Crippen LogP contribution is -2.30. The van der Waals surface area contributed by atoms with E-state index >= 15 is 0 Å². The second-order valence-corrected chi connectivity index (χ2v) is 5.66. The maximum absolute atomic E-state index is 13.2. The molecule has 0 bridgehead atoms. The fourth-order valence-corrected chi connectivity index (χ4v) is 2.69. The Labute approximate surface area is 147 Å². The van der Waals surface area contributed by atoms with E-state index in [-0.39, 0.29) is 5.91 Å². The van der Waals surface area contributed by atoms with Crippen LogP contribution in [0.5, 0.6) is 5.75 Å². The third kappa shape index (κ3) is 4.29. The summed E-state index contributed by atoms with van der Waals surface area (Å²) in [6.07, 6.45) is 1.62. The first-order valence-corrected chi connectivity index (χ1v) is 8.35. The summed E-state index contributed by atoms with van der Waals surface area (Å²) in [5.41, 5.74) is 1.63. The Hall–Kier alpha value is -3.01. The third-order valence-electron chi connectivity index (χ3n) is 3.85. The van der Waals surface area contributed by atoms with Gasteiger partial charge >= 0.3 is 0 Å². The highest BCUT2D eigenvalue weighted by Gasteiger charge is 2.21. The molecule has 0 unspecified atom stereocenters. The van der Waals surface area contributed by atoms with Crippen LogP contribution in [0.1, 0.15) is 28.6 Å². The first kappa shape index (κ1) is 16.8. The molecular formula is C21H21NO3. The van der Waals surface area contributed by atoms with E-state index in [0.717, 1.165) is 11.3 Å². The Balaban J connectivity index is 1.89. The molecule has 1 amide bonds. The Morgan fingerprint density at radius 1 is 0.960 bits per heavy atom. The van der Waals surface area contributed by atoms with Gasteiger partial charge in [0.05, 0.1) is 25.0 Å². The molecule has 0 saturated heterocycles. The van der Waals surface area contributed by atoms with Crippen molar-refractivity contribution in [3.05, 3.63) is 89.9 Å². The lowest BCUT2D eigenvalue weighted by molar-refractivity contribution is 0.0713. The monoisotopic (exact) mass is 335 g/mol. The van der Waals surface area contributed by atoms with Crippen LogP contribution in [-0.2, 0) is 13.1 Å². The topological polar surface area (TPSA) is 42.7 Å². The summed E-state index contributed by atoms with van der Waals surface area (Å²) in [6.45, 7) is 3.33. The van der Waals surface area contributed by atoms with Crippen LogP contribution in [0.3, 0.4) is 0 Å². The predicted octanol–water partition coefficient (Wildman–Crippen LogP) is 4.52. The highest BCUT2D eigenvalue weighted by molar-refractivity contribution is 5.96. The van der Waals surface area contributed by atoms with Crippen LogP contribution in [0.4, 0.5) is 0 Å². The van der Waals surface area contributed by atoms with Crippen molar-refractivity contribution in [3.8, 4) is 5.75 Å². The molecule has 0 aliphatic heterocycles. The molecule has 0 N–H and O–H groups in total. The van der Waals surface area contributed by atoms with E-state index in [1.165, 1.54) is 0 Å². The minimum absolute atomic E-state index is 0.0793. The normalized spacial score (nSPS) is 10.4. The average Bonchev–Trinajstić information content (AvgIpc) is 3.15. The maximum Gasteiger partial charge on any atom is 0.258 e. The molecule has 0 fully saturated rings. The molecule has 2 aromatic carbocycles. The molecule has 3 aromatic rings. The molecular weight excluding hydrogens is 314 g/mol. The van der Waals surface area contributed by atoms with Gasteiger partial charge in [-0.2, -0.15) is 0 Å².